The van der Waals surface area contributed by atoms with Gasteiger partial charge in [-0.1, -0.05) is 11.8 Å². The molecule has 20 heavy (non-hydrogen) atoms. The lowest BCUT2D eigenvalue weighted by Gasteiger charge is -2.33. The van der Waals surface area contributed by atoms with E-state index in [0.717, 1.165) is 0 Å². The Kier molecular flexibility index (Phi) is 5.68. The zero-order chi connectivity index (χ0) is 15.2. The molecule has 0 fully saturated rings. The average Bonchev–Trinajstić information content (AvgIpc) is 2.46. The Balaban J connectivity index is 2.84. The van der Waals surface area contributed by atoms with Crippen LogP contribution in [0.3, 0.4) is 0 Å². The van der Waals surface area contributed by atoms with E-state index in [9.17, 15) is 9.90 Å². The van der Waals surface area contributed by atoms with Gasteiger partial charge in [-0.25, -0.2) is 4.98 Å². The molecule has 1 amide bonds. The van der Waals surface area contributed by atoms with E-state index in [-0.39, 0.29) is 19.1 Å². The minimum Gasteiger partial charge on any atom is -0.395 e. The van der Waals surface area contributed by atoms with Gasteiger partial charge >= 0.3 is 0 Å². The number of likely N-dealkylation sites (N-methyl/N-ethyl adjacent to an activating group) is 1. The molecule has 0 atom stereocenters. The number of carbonyl (C=O) groups excluding carboxylic acids is 1. The van der Waals surface area contributed by atoms with Crippen LogP contribution in [-0.2, 0) is 0 Å². The number of carbonyl (C=O) groups is 1. The first kappa shape index (κ1) is 16.2. The second-order valence-corrected chi connectivity index (χ2v) is 5.04. The molecule has 5 heteroatoms. The van der Waals surface area contributed by atoms with Gasteiger partial charge in [-0.05, 0) is 26.0 Å². The number of rotatable bonds is 4. The summed E-state index contributed by atoms with van der Waals surface area (Å²) in [5, 5.41) is 17.9. The van der Waals surface area contributed by atoms with Gasteiger partial charge in [0.25, 0.3) is 5.91 Å². The quantitative estimate of drug-likeness (QED) is 0.792. The molecule has 0 aliphatic rings. The minimum atomic E-state index is -0.641. The molecule has 108 valence electrons. The normalized spacial score (nSPS) is 10.7. The Morgan fingerprint density at radius 2 is 2.10 bits per heavy atom. The maximum Gasteiger partial charge on any atom is 0.272 e. The summed E-state index contributed by atoms with van der Waals surface area (Å²) in [6, 6.07) is 3.32. The van der Waals surface area contributed by atoms with Gasteiger partial charge in [0.2, 0.25) is 0 Å². The van der Waals surface area contributed by atoms with Crippen LogP contribution in [0, 0.1) is 11.8 Å². The first-order valence-corrected chi connectivity index (χ1v) is 6.37. The number of nitrogens with zero attached hydrogens (tertiary/aromatic N) is 2. The summed E-state index contributed by atoms with van der Waals surface area (Å²) >= 11 is 0. The van der Waals surface area contributed by atoms with Gasteiger partial charge in [0.05, 0.1) is 18.8 Å². The Morgan fingerprint density at radius 1 is 1.40 bits per heavy atom. The number of pyridine rings is 1. The van der Waals surface area contributed by atoms with Crippen LogP contribution < -0.4 is 0 Å². The van der Waals surface area contributed by atoms with Gasteiger partial charge in [-0.2, -0.15) is 0 Å². The molecule has 0 aliphatic heterocycles. The van der Waals surface area contributed by atoms with Gasteiger partial charge in [0.1, 0.15) is 5.69 Å². The molecule has 2 N–H and O–H groups in total. The third-order valence-corrected chi connectivity index (χ3v) is 3.05. The van der Waals surface area contributed by atoms with Crippen LogP contribution in [0.15, 0.2) is 18.3 Å². The second kappa shape index (κ2) is 7.04. The fraction of sp³-hybridized carbons (Fsp3) is 0.467. The van der Waals surface area contributed by atoms with Crippen molar-refractivity contribution in [2.45, 2.75) is 25.8 Å². The van der Waals surface area contributed by atoms with Crippen molar-refractivity contribution >= 4 is 5.91 Å². The van der Waals surface area contributed by atoms with Crippen molar-refractivity contribution in [3.63, 3.8) is 0 Å². The summed E-state index contributed by atoms with van der Waals surface area (Å²) in [5.74, 6) is 5.38. The van der Waals surface area contributed by atoms with Gasteiger partial charge in [0.15, 0.2) is 0 Å². The number of amides is 1. The summed E-state index contributed by atoms with van der Waals surface area (Å²) in [6.07, 6.45) is 1.94. The molecule has 0 spiro atoms. The molecule has 0 saturated heterocycles. The highest BCUT2D eigenvalue weighted by molar-refractivity contribution is 5.92. The lowest BCUT2D eigenvalue weighted by Crippen LogP contribution is -2.47. The molecule has 0 unspecified atom stereocenters. The Bertz CT molecular complexity index is 512. The summed E-state index contributed by atoms with van der Waals surface area (Å²) in [7, 11) is 1.63. The van der Waals surface area contributed by atoms with E-state index in [1.54, 1.807) is 33.0 Å². The van der Waals surface area contributed by atoms with Crippen LogP contribution in [0.25, 0.3) is 0 Å². The van der Waals surface area contributed by atoms with Gasteiger partial charge in [0, 0.05) is 25.2 Å². The maximum absolute atomic E-state index is 12.2. The molecule has 1 aromatic heterocycles. The van der Waals surface area contributed by atoms with E-state index in [0.29, 0.717) is 17.7 Å². The highest BCUT2D eigenvalue weighted by Crippen LogP contribution is 2.14. The van der Waals surface area contributed by atoms with Crippen LogP contribution in [0.1, 0.15) is 36.3 Å². The number of aliphatic hydroxyl groups excluding tert-OH is 2. The predicted octanol–water partition coefficient (Wildman–Crippen LogP) is 0.658. The summed E-state index contributed by atoms with van der Waals surface area (Å²) in [6.45, 7) is 3.46. The number of aliphatic hydroxyl groups is 2. The van der Waals surface area contributed by atoms with Gasteiger partial charge in [-0.15, -0.1) is 0 Å². The molecule has 0 aliphatic carbocycles. The van der Waals surface area contributed by atoms with Crippen molar-refractivity contribution in [3.8, 4) is 11.8 Å². The molecular weight excluding hydrogens is 256 g/mol. The van der Waals surface area contributed by atoms with Crippen LogP contribution in [0.5, 0.6) is 0 Å². The minimum absolute atomic E-state index is 0.0258. The summed E-state index contributed by atoms with van der Waals surface area (Å²) < 4.78 is 0. The first-order chi connectivity index (χ1) is 9.42. The number of hydrogen-bond donors (Lipinski definition) is 2. The van der Waals surface area contributed by atoms with E-state index in [4.69, 9.17) is 5.11 Å². The monoisotopic (exact) mass is 276 g/mol. The Labute approximate surface area is 119 Å². The number of hydrogen-bond acceptors (Lipinski definition) is 4. The SMILES string of the molecule is CN(C(=O)c1ccc(C#CCCO)cn1)C(C)(C)CO. The maximum atomic E-state index is 12.2. The predicted molar refractivity (Wildman–Crippen MR) is 76.1 cm³/mol. The van der Waals surface area contributed by atoms with Crippen molar-refractivity contribution in [3.05, 3.63) is 29.6 Å². The standard InChI is InChI=1S/C15H20N2O3/c1-15(2,11-19)17(3)14(20)13-8-7-12(10-16-13)6-4-5-9-18/h7-8,10,18-19H,5,9,11H2,1-3H3. The average molecular weight is 276 g/mol. The first-order valence-electron chi connectivity index (χ1n) is 6.37. The molecule has 1 aromatic rings. The third-order valence-electron chi connectivity index (χ3n) is 3.05. The zero-order valence-electron chi connectivity index (χ0n) is 12.1. The van der Waals surface area contributed by atoms with E-state index >= 15 is 0 Å². The topological polar surface area (TPSA) is 73.7 Å². The summed E-state index contributed by atoms with van der Waals surface area (Å²) in [5.41, 5.74) is 0.360. The molecule has 0 radical (unpaired) electrons. The Morgan fingerprint density at radius 3 is 2.60 bits per heavy atom. The largest absolute Gasteiger partial charge is 0.395 e. The molecule has 5 nitrogen and oxygen atoms in total. The highest BCUT2D eigenvalue weighted by atomic mass is 16.3. The van der Waals surface area contributed by atoms with E-state index in [2.05, 4.69) is 16.8 Å². The second-order valence-electron chi connectivity index (χ2n) is 5.04. The fourth-order valence-corrected chi connectivity index (χ4v) is 1.37. The van der Waals surface area contributed by atoms with E-state index < -0.39 is 5.54 Å². The highest BCUT2D eigenvalue weighted by Gasteiger charge is 2.28. The van der Waals surface area contributed by atoms with Crippen molar-refractivity contribution in [2.75, 3.05) is 20.3 Å². The van der Waals surface area contributed by atoms with E-state index in [1.165, 1.54) is 11.1 Å². The molecule has 0 aromatic carbocycles. The van der Waals surface area contributed by atoms with Crippen molar-refractivity contribution in [1.82, 2.24) is 9.88 Å². The van der Waals surface area contributed by atoms with E-state index in [1.807, 2.05) is 0 Å². The van der Waals surface area contributed by atoms with Crippen LogP contribution in [0.2, 0.25) is 0 Å². The lowest BCUT2D eigenvalue weighted by atomic mass is 10.0. The van der Waals surface area contributed by atoms with Crippen molar-refractivity contribution in [2.24, 2.45) is 0 Å². The summed E-state index contributed by atoms with van der Waals surface area (Å²) in [4.78, 5) is 17.8. The van der Waals surface area contributed by atoms with Gasteiger partial charge < -0.3 is 15.1 Å². The Hall–Kier alpha value is -1.90. The van der Waals surface area contributed by atoms with Crippen molar-refractivity contribution in [1.29, 1.82) is 0 Å². The lowest BCUT2D eigenvalue weighted by molar-refractivity contribution is 0.0467. The number of aromatic nitrogens is 1. The zero-order valence-corrected chi connectivity index (χ0v) is 12.1. The molecule has 1 rings (SSSR count). The van der Waals surface area contributed by atoms with Crippen LogP contribution >= 0.6 is 0 Å². The molecular formula is C15H20N2O3. The van der Waals surface area contributed by atoms with Crippen LogP contribution in [-0.4, -0.2) is 51.8 Å². The fourth-order valence-electron chi connectivity index (χ4n) is 1.37. The molecule has 1 heterocycles. The van der Waals surface area contributed by atoms with Gasteiger partial charge in [-0.3, -0.25) is 4.79 Å². The third kappa shape index (κ3) is 4.05. The smallest absolute Gasteiger partial charge is 0.272 e. The molecule has 0 bridgehead atoms. The van der Waals surface area contributed by atoms with Crippen LogP contribution in [0.4, 0.5) is 0 Å². The molecule has 0 saturated carbocycles. The van der Waals surface area contributed by atoms with Crippen molar-refractivity contribution < 1.29 is 15.0 Å².